The number of hydrogen-bond donors (Lipinski definition) is 2. The molecule has 8 nitrogen and oxygen atoms in total. The van der Waals surface area contributed by atoms with E-state index in [4.69, 9.17) is 9.26 Å². The van der Waals surface area contributed by atoms with Crippen LogP contribution >= 0.6 is 0 Å². The number of amides is 2. The molecule has 2 amide bonds. The lowest BCUT2D eigenvalue weighted by molar-refractivity contribution is -0.139. The zero-order valence-corrected chi connectivity index (χ0v) is 20.4. The maximum atomic E-state index is 15.0. The van der Waals surface area contributed by atoms with Gasteiger partial charge in [0.1, 0.15) is 23.4 Å². The first kappa shape index (κ1) is 23.8. The number of aromatic amines is 1. The summed E-state index contributed by atoms with van der Waals surface area (Å²) >= 11 is 0. The number of aryl methyl sites for hydroxylation is 1. The zero-order valence-electron chi connectivity index (χ0n) is 20.4. The van der Waals surface area contributed by atoms with Gasteiger partial charge in [0.15, 0.2) is 0 Å². The van der Waals surface area contributed by atoms with Crippen LogP contribution in [-0.4, -0.2) is 35.5 Å². The second kappa shape index (κ2) is 8.96. The van der Waals surface area contributed by atoms with Crippen LogP contribution in [0.1, 0.15) is 54.3 Å². The highest BCUT2D eigenvalue weighted by atomic mass is 19.1. The van der Waals surface area contributed by atoms with Gasteiger partial charge in [-0.1, -0.05) is 19.9 Å². The molecule has 0 radical (unpaired) electrons. The Bertz CT molecular complexity index is 1410. The fourth-order valence-electron chi connectivity index (χ4n) is 5.41. The number of benzene rings is 2. The molecule has 0 fully saturated rings. The topological polar surface area (TPSA) is 105 Å². The van der Waals surface area contributed by atoms with Crippen molar-refractivity contribution >= 4 is 17.5 Å². The number of carbonyl (C=O) groups excluding carboxylic acids is 2. The number of fused-ring (bicyclic) bond motifs is 2. The molecule has 0 saturated carbocycles. The van der Waals surface area contributed by atoms with Gasteiger partial charge in [0.2, 0.25) is 5.91 Å². The summed E-state index contributed by atoms with van der Waals surface area (Å²) in [6.07, 6.45) is 1.94. The Balaban J connectivity index is 1.47. The van der Waals surface area contributed by atoms with Crippen molar-refractivity contribution in [1.82, 2.24) is 10.1 Å². The number of aromatic nitrogens is 1. The lowest BCUT2D eigenvalue weighted by atomic mass is 9.86. The molecule has 5 rings (SSSR count). The van der Waals surface area contributed by atoms with Crippen LogP contribution in [0.15, 0.2) is 45.7 Å². The van der Waals surface area contributed by atoms with Crippen molar-refractivity contribution < 1.29 is 23.2 Å². The summed E-state index contributed by atoms with van der Waals surface area (Å²) < 4.78 is 25.4. The molecule has 1 aliphatic heterocycles. The van der Waals surface area contributed by atoms with E-state index in [1.165, 1.54) is 17.0 Å². The van der Waals surface area contributed by atoms with Crippen LogP contribution in [0.25, 0.3) is 0 Å². The molecule has 2 heterocycles. The fraction of sp³-hybridized carbons (Fsp3) is 0.370. The average Bonchev–Trinajstić information content (AvgIpc) is 3.39. The third-order valence-electron chi connectivity index (χ3n) is 7.18. The summed E-state index contributed by atoms with van der Waals surface area (Å²) in [5.41, 5.74) is 2.82. The molecule has 1 aliphatic carbocycles. The summed E-state index contributed by atoms with van der Waals surface area (Å²) in [7, 11) is 1.57. The molecule has 1 aromatic heterocycles. The van der Waals surface area contributed by atoms with Crippen molar-refractivity contribution in [1.29, 1.82) is 0 Å². The van der Waals surface area contributed by atoms with Crippen LogP contribution in [-0.2, 0) is 34.3 Å². The Labute approximate surface area is 207 Å². The van der Waals surface area contributed by atoms with E-state index in [0.29, 0.717) is 35.5 Å². The van der Waals surface area contributed by atoms with Crippen molar-refractivity contribution in [3.8, 4) is 5.75 Å². The quantitative estimate of drug-likeness (QED) is 0.565. The second-order valence-electron chi connectivity index (χ2n) is 10.0. The number of anilines is 1. The third-order valence-corrected chi connectivity index (χ3v) is 7.18. The molecule has 2 aromatic carbocycles. The molecule has 0 saturated heterocycles. The SMILES string of the molecule is COc1ccc2c(c1)CCN(C(=O)Cc1cc(=O)[nH]o1)[C@H]2C(=O)Nc1cc(F)c2c(c1)CCC2(C)C. The number of methoxy groups -OCH3 is 1. The Hall–Kier alpha value is -3.88. The molecule has 2 N–H and O–H groups in total. The van der Waals surface area contributed by atoms with Crippen molar-refractivity contribution in [3.63, 3.8) is 0 Å². The minimum Gasteiger partial charge on any atom is -0.497 e. The molecular formula is C27H28FN3O5. The number of nitrogens with one attached hydrogen (secondary N) is 2. The van der Waals surface area contributed by atoms with Crippen molar-refractivity contribution in [2.75, 3.05) is 19.0 Å². The van der Waals surface area contributed by atoms with E-state index in [9.17, 15) is 14.4 Å². The lowest BCUT2D eigenvalue weighted by Gasteiger charge is -2.36. The second-order valence-corrected chi connectivity index (χ2v) is 10.0. The highest BCUT2D eigenvalue weighted by Crippen LogP contribution is 2.41. The molecule has 0 spiro atoms. The van der Waals surface area contributed by atoms with Crippen LogP contribution in [0.5, 0.6) is 5.75 Å². The van der Waals surface area contributed by atoms with Gasteiger partial charge in [-0.15, -0.1) is 0 Å². The maximum Gasteiger partial charge on any atom is 0.280 e. The molecule has 0 unspecified atom stereocenters. The van der Waals surface area contributed by atoms with Crippen LogP contribution in [0.3, 0.4) is 0 Å². The van der Waals surface area contributed by atoms with Crippen LogP contribution in [0.4, 0.5) is 10.1 Å². The predicted octanol–water partition coefficient (Wildman–Crippen LogP) is 3.65. The van der Waals surface area contributed by atoms with Gasteiger partial charge in [-0.3, -0.25) is 14.4 Å². The molecule has 188 valence electrons. The van der Waals surface area contributed by atoms with Gasteiger partial charge >= 0.3 is 0 Å². The Morgan fingerprint density at radius 2 is 2.00 bits per heavy atom. The molecular weight excluding hydrogens is 465 g/mol. The number of halogens is 1. The van der Waals surface area contributed by atoms with E-state index >= 15 is 4.39 Å². The normalized spacial score (nSPS) is 17.9. The minimum atomic E-state index is -0.939. The van der Waals surface area contributed by atoms with Crippen LogP contribution in [0, 0.1) is 5.82 Å². The number of ether oxygens (including phenoxy) is 1. The highest BCUT2D eigenvalue weighted by molar-refractivity contribution is 5.98. The summed E-state index contributed by atoms with van der Waals surface area (Å²) in [6, 6.07) is 8.83. The summed E-state index contributed by atoms with van der Waals surface area (Å²) in [4.78, 5) is 39.8. The summed E-state index contributed by atoms with van der Waals surface area (Å²) in [5.74, 6) is -0.296. The van der Waals surface area contributed by atoms with E-state index < -0.39 is 17.5 Å². The van der Waals surface area contributed by atoms with Gasteiger partial charge in [0, 0.05) is 18.3 Å². The van der Waals surface area contributed by atoms with E-state index in [-0.39, 0.29) is 29.3 Å². The van der Waals surface area contributed by atoms with Gasteiger partial charge in [0.05, 0.1) is 13.5 Å². The first-order valence-electron chi connectivity index (χ1n) is 11.9. The van der Waals surface area contributed by atoms with Gasteiger partial charge in [-0.05, 0) is 71.2 Å². The van der Waals surface area contributed by atoms with E-state index in [2.05, 4.69) is 10.5 Å². The zero-order chi connectivity index (χ0) is 25.6. The third kappa shape index (κ3) is 4.29. The predicted molar refractivity (Wildman–Crippen MR) is 131 cm³/mol. The van der Waals surface area contributed by atoms with E-state index in [1.54, 1.807) is 19.2 Å². The Morgan fingerprint density at radius 1 is 1.19 bits per heavy atom. The Morgan fingerprint density at radius 3 is 2.72 bits per heavy atom. The molecule has 3 aromatic rings. The number of carbonyl (C=O) groups is 2. The molecule has 2 aliphatic rings. The number of rotatable bonds is 5. The van der Waals surface area contributed by atoms with Gasteiger partial charge < -0.3 is 19.5 Å². The molecule has 0 bridgehead atoms. The molecule has 36 heavy (non-hydrogen) atoms. The van der Waals surface area contributed by atoms with Crippen LogP contribution in [0.2, 0.25) is 0 Å². The van der Waals surface area contributed by atoms with Crippen LogP contribution < -0.4 is 15.6 Å². The van der Waals surface area contributed by atoms with Crippen molar-refractivity contribution in [3.05, 3.63) is 80.6 Å². The molecule has 1 atom stereocenters. The van der Waals surface area contributed by atoms with Gasteiger partial charge in [0.25, 0.3) is 11.5 Å². The van der Waals surface area contributed by atoms with Crippen molar-refractivity contribution in [2.45, 2.75) is 51.0 Å². The number of hydrogen-bond acceptors (Lipinski definition) is 5. The van der Waals surface area contributed by atoms with E-state index in [0.717, 1.165) is 24.0 Å². The average molecular weight is 494 g/mol. The minimum absolute atomic E-state index is 0.170. The maximum absolute atomic E-state index is 15.0. The van der Waals surface area contributed by atoms with Gasteiger partial charge in [-0.2, -0.15) is 5.16 Å². The Kier molecular flexibility index (Phi) is 5.94. The standard InChI is InChI=1S/C27H28FN3O5/c1-27(2)8-6-16-10-17(12-21(28)24(16)27)29-26(34)25-20-5-4-18(35-3)11-15(20)7-9-31(25)23(33)14-19-13-22(32)30-36-19/h4-5,10-13,25H,6-9,14H2,1-3H3,(H,29,34)(H,30,32)/t25-/m1/s1. The molecule has 9 heteroatoms. The lowest BCUT2D eigenvalue weighted by Crippen LogP contribution is -2.46. The largest absolute Gasteiger partial charge is 0.497 e. The smallest absolute Gasteiger partial charge is 0.280 e. The highest BCUT2D eigenvalue weighted by Gasteiger charge is 2.37. The first-order chi connectivity index (χ1) is 17.2. The fourth-order valence-corrected chi connectivity index (χ4v) is 5.41. The monoisotopic (exact) mass is 493 g/mol. The first-order valence-corrected chi connectivity index (χ1v) is 11.9. The number of nitrogens with zero attached hydrogens (tertiary/aromatic N) is 1. The number of H-pyrrole nitrogens is 1. The van der Waals surface area contributed by atoms with Crippen molar-refractivity contribution in [2.24, 2.45) is 0 Å². The van der Waals surface area contributed by atoms with E-state index in [1.807, 2.05) is 26.0 Å². The van der Waals surface area contributed by atoms with Gasteiger partial charge in [-0.25, -0.2) is 4.39 Å². The summed E-state index contributed by atoms with van der Waals surface area (Å²) in [6.45, 7) is 4.32. The summed E-state index contributed by atoms with van der Waals surface area (Å²) in [5, 5.41) is 5.02.